The Balaban J connectivity index is 2.87. The second kappa shape index (κ2) is 5.75. The van der Waals surface area contributed by atoms with Gasteiger partial charge in [0.1, 0.15) is 0 Å². The molecule has 1 aromatic rings. The van der Waals surface area contributed by atoms with Crippen LogP contribution in [0.2, 0.25) is 0 Å². The first-order valence-corrected chi connectivity index (χ1v) is 4.68. The minimum atomic E-state index is 0.370. The minimum Gasteiger partial charge on any atom is -0.493 e. The van der Waals surface area contributed by atoms with E-state index in [1.54, 1.807) is 39.3 Å². The maximum Gasteiger partial charge on any atom is 0.165 e. The molecule has 16 heavy (non-hydrogen) atoms. The number of nitrogens with one attached hydrogen (secondary N) is 1. The van der Waals surface area contributed by atoms with Crippen LogP contribution >= 0.6 is 0 Å². The van der Waals surface area contributed by atoms with E-state index < -0.39 is 0 Å². The topological polar surface area (TPSA) is 59.9 Å². The third kappa shape index (κ3) is 2.98. The number of methoxy groups -OCH3 is 2. The highest BCUT2D eigenvalue weighted by Crippen LogP contribution is 2.29. The molecule has 5 heteroatoms. The number of rotatable bonds is 5. The molecule has 1 rings (SSSR count). The molecule has 0 atom stereocenters. The van der Waals surface area contributed by atoms with Crippen LogP contribution in [-0.2, 0) is 4.79 Å². The van der Waals surface area contributed by atoms with Crippen LogP contribution in [0.3, 0.4) is 0 Å². The van der Waals surface area contributed by atoms with Crippen LogP contribution in [0.1, 0.15) is 6.92 Å². The van der Waals surface area contributed by atoms with E-state index in [0.29, 0.717) is 23.5 Å². The SMILES string of the molecule is COc1ccc(NN=C(C)C=O)cc1OC. The summed E-state index contributed by atoms with van der Waals surface area (Å²) in [6.45, 7) is 1.61. The number of aldehydes is 1. The summed E-state index contributed by atoms with van der Waals surface area (Å²) in [4.78, 5) is 10.3. The lowest BCUT2D eigenvalue weighted by Crippen LogP contribution is -1.99. The van der Waals surface area contributed by atoms with Gasteiger partial charge in [0.05, 0.1) is 25.6 Å². The van der Waals surface area contributed by atoms with Crippen LogP contribution in [-0.4, -0.2) is 26.2 Å². The number of hydrazone groups is 1. The van der Waals surface area contributed by atoms with Crippen molar-refractivity contribution in [3.63, 3.8) is 0 Å². The zero-order valence-corrected chi connectivity index (χ0v) is 9.48. The fourth-order valence-electron chi connectivity index (χ4n) is 1.08. The van der Waals surface area contributed by atoms with Gasteiger partial charge in [0.15, 0.2) is 17.8 Å². The molecule has 1 N–H and O–H groups in total. The molecule has 0 unspecified atom stereocenters. The first-order chi connectivity index (χ1) is 7.71. The summed E-state index contributed by atoms with van der Waals surface area (Å²) in [5.41, 5.74) is 3.83. The Kier molecular flexibility index (Phi) is 4.32. The van der Waals surface area contributed by atoms with E-state index in [1.807, 2.05) is 0 Å². The fraction of sp³-hybridized carbons (Fsp3) is 0.273. The highest BCUT2D eigenvalue weighted by Gasteiger charge is 2.03. The number of ether oxygens (including phenoxy) is 2. The number of hydrogen-bond acceptors (Lipinski definition) is 5. The molecule has 0 aliphatic heterocycles. The maximum absolute atomic E-state index is 10.3. The summed E-state index contributed by atoms with van der Waals surface area (Å²) in [5.74, 6) is 1.25. The summed E-state index contributed by atoms with van der Waals surface area (Å²) in [6, 6.07) is 5.27. The molecule has 0 aromatic heterocycles. The molecular formula is C11H14N2O3. The van der Waals surface area contributed by atoms with Gasteiger partial charge in [-0.3, -0.25) is 10.2 Å². The highest BCUT2D eigenvalue weighted by atomic mass is 16.5. The Bertz CT molecular complexity index is 402. The lowest BCUT2D eigenvalue weighted by molar-refractivity contribution is -0.102. The van der Waals surface area contributed by atoms with Gasteiger partial charge in [-0.2, -0.15) is 5.10 Å². The van der Waals surface area contributed by atoms with Gasteiger partial charge < -0.3 is 9.47 Å². The number of carbonyl (C=O) groups is 1. The monoisotopic (exact) mass is 222 g/mol. The Morgan fingerprint density at radius 2 is 2.00 bits per heavy atom. The quantitative estimate of drug-likeness (QED) is 0.468. The van der Waals surface area contributed by atoms with Crippen molar-refractivity contribution >= 4 is 17.7 Å². The third-order valence-electron chi connectivity index (χ3n) is 1.92. The van der Waals surface area contributed by atoms with Crippen molar-refractivity contribution in [3.05, 3.63) is 18.2 Å². The van der Waals surface area contributed by atoms with Crippen LogP contribution < -0.4 is 14.9 Å². The third-order valence-corrected chi connectivity index (χ3v) is 1.92. The lowest BCUT2D eigenvalue weighted by atomic mass is 10.3. The molecule has 0 spiro atoms. The van der Waals surface area contributed by atoms with E-state index in [4.69, 9.17) is 9.47 Å². The smallest absolute Gasteiger partial charge is 0.165 e. The number of nitrogens with zero attached hydrogens (tertiary/aromatic N) is 1. The predicted molar refractivity (Wildman–Crippen MR) is 62.3 cm³/mol. The van der Waals surface area contributed by atoms with E-state index in [9.17, 15) is 4.79 Å². The Morgan fingerprint density at radius 3 is 2.56 bits per heavy atom. The largest absolute Gasteiger partial charge is 0.493 e. The summed E-state index contributed by atoms with van der Waals surface area (Å²) in [5, 5.41) is 3.85. The van der Waals surface area contributed by atoms with Crippen molar-refractivity contribution in [1.82, 2.24) is 0 Å². The summed E-state index contributed by atoms with van der Waals surface area (Å²) < 4.78 is 10.2. The van der Waals surface area contributed by atoms with Crippen LogP contribution in [0.4, 0.5) is 5.69 Å². The van der Waals surface area contributed by atoms with Gasteiger partial charge in [-0.15, -0.1) is 0 Å². The second-order valence-corrected chi connectivity index (χ2v) is 3.05. The van der Waals surface area contributed by atoms with Crippen molar-refractivity contribution in [2.75, 3.05) is 19.6 Å². The standard InChI is InChI=1S/C11H14N2O3/c1-8(7-14)12-13-9-4-5-10(15-2)11(6-9)16-3/h4-7,13H,1-3H3. The van der Waals surface area contributed by atoms with Crippen molar-refractivity contribution < 1.29 is 14.3 Å². The normalized spacial score (nSPS) is 10.8. The molecular weight excluding hydrogens is 208 g/mol. The van der Waals surface area contributed by atoms with E-state index in [1.165, 1.54) is 0 Å². The number of benzene rings is 1. The zero-order chi connectivity index (χ0) is 12.0. The zero-order valence-electron chi connectivity index (χ0n) is 9.48. The molecule has 0 saturated heterocycles. The molecule has 5 nitrogen and oxygen atoms in total. The molecule has 1 aromatic carbocycles. The van der Waals surface area contributed by atoms with Crippen molar-refractivity contribution in [2.24, 2.45) is 5.10 Å². The van der Waals surface area contributed by atoms with Crippen molar-refractivity contribution in [2.45, 2.75) is 6.92 Å². The molecule has 0 heterocycles. The Labute approximate surface area is 94.1 Å². The van der Waals surface area contributed by atoms with Gasteiger partial charge in [0.25, 0.3) is 0 Å². The van der Waals surface area contributed by atoms with Crippen LogP contribution in [0.15, 0.2) is 23.3 Å². The molecule has 0 fully saturated rings. The molecule has 0 bridgehead atoms. The van der Waals surface area contributed by atoms with Crippen LogP contribution in [0.25, 0.3) is 0 Å². The summed E-state index contributed by atoms with van der Waals surface area (Å²) in [7, 11) is 3.13. The van der Waals surface area contributed by atoms with Gasteiger partial charge in [-0.25, -0.2) is 0 Å². The molecule has 0 saturated carbocycles. The first kappa shape index (κ1) is 12.0. The van der Waals surface area contributed by atoms with E-state index >= 15 is 0 Å². The highest BCUT2D eigenvalue weighted by molar-refractivity contribution is 6.27. The van der Waals surface area contributed by atoms with E-state index in [2.05, 4.69) is 10.5 Å². The number of hydrogen-bond donors (Lipinski definition) is 1. The molecule has 0 amide bonds. The number of carbonyl (C=O) groups excluding carboxylic acids is 1. The van der Waals surface area contributed by atoms with Crippen LogP contribution in [0, 0.1) is 0 Å². The molecule has 0 aliphatic rings. The van der Waals surface area contributed by atoms with Crippen molar-refractivity contribution in [3.8, 4) is 11.5 Å². The summed E-state index contributed by atoms with van der Waals surface area (Å²) >= 11 is 0. The molecule has 0 aliphatic carbocycles. The average molecular weight is 222 g/mol. The Morgan fingerprint density at radius 1 is 1.31 bits per heavy atom. The maximum atomic E-state index is 10.3. The van der Waals surface area contributed by atoms with Gasteiger partial charge in [0.2, 0.25) is 0 Å². The molecule has 0 radical (unpaired) electrons. The minimum absolute atomic E-state index is 0.370. The average Bonchev–Trinajstić information content (AvgIpc) is 2.35. The fourth-order valence-corrected chi connectivity index (χ4v) is 1.08. The van der Waals surface area contributed by atoms with Crippen LogP contribution in [0.5, 0.6) is 11.5 Å². The van der Waals surface area contributed by atoms with E-state index in [-0.39, 0.29) is 0 Å². The molecule has 86 valence electrons. The lowest BCUT2D eigenvalue weighted by Gasteiger charge is -2.08. The van der Waals surface area contributed by atoms with Gasteiger partial charge in [-0.05, 0) is 19.1 Å². The van der Waals surface area contributed by atoms with Gasteiger partial charge in [0, 0.05) is 6.07 Å². The second-order valence-electron chi connectivity index (χ2n) is 3.05. The van der Waals surface area contributed by atoms with E-state index in [0.717, 1.165) is 5.69 Å². The van der Waals surface area contributed by atoms with Gasteiger partial charge in [-0.1, -0.05) is 0 Å². The Hall–Kier alpha value is -2.04. The number of anilines is 1. The summed E-state index contributed by atoms with van der Waals surface area (Å²) in [6.07, 6.45) is 0.674. The first-order valence-electron chi connectivity index (χ1n) is 4.68. The van der Waals surface area contributed by atoms with Crippen molar-refractivity contribution in [1.29, 1.82) is 0 Å². The predicted octanol–water partition coefficient (Wildman–Crippen LogP) is 1.69. The van der Waals surface area contributed by atoms with Gasteiger partial charge >= 0.3 is 0 Å².